The van der Waals surface area contributed by atoms with Crippen LogP contribution in [0.3, 0.4) is 0 Å². The van der Waals surface area contributed by atoms with Gasteiger partial charge in [0.25, 0.3) is 0 Å². The van der Waals surface area contributed by atoms with E-state index in [1.807, 2.05) is 19.1 Å². The molecule has 0 saturated heterocycles. The van der Waals surface area contributed by atoms with Crippen molar-refractivity contribution in [2.24, 2.45) is 0 Å². The van der Waals surface area contributed by atoms with Crippen LogP contribution in [0.2, 0.25) is 0 Å². The SMILES string of the molecule is CCCCc1ccc(NS(=O)CC)cc1. The number of hydrogen-bond donors (Lipinski definition) is 1. The van der Waals surface area contributed by atoms with Crippen LogP contribution in [0.25, 0.3) is 0 Å². The van der Waals surface area contributed by atoms with E-state index >= 15 is 0 Å². The van der Waals surface area contributed by atoms with E-state index in [9.17, 15) is 4.21 Å². The van der Waals surface area contributed by atoms with E-state index in [0.29, 0.717) is 5.75 Å². The van der Waals surface area contributed by atoms with Crippen LogP contribution in [0.4, 0.5) is 5.69 Å². The maximum Gasteiger partial charge on any atom is 0.116 e. The minimum Gasteiger partial charge on any atom is -0.305 e. The number of aryl methyl sites for hydroxylation is 1. The summed E-state index contributed by atoms with van der Waals surface area (Å²) in [5.74, 6) is 0.636. The summed E-state index contributed by atoms with van der Waals surface area (Å²) >= 11 is 0. The van der Waals surface area contributed by atoms with E-state index in [4.69, 9.17) is 0 Å². The van der Waals surface area contributed by atoms with Gasteiger partial charge in [-0.05, 0) is 30.5 Å². The molecule has 0 saturated carbocycles. The van der Waals surface area contributed by atoms with Crippen LogP contribution in [0.15, 0.2) is 24.3 Å². The Bertz CT molecular complexity index is 308. The number of rotatable bonds is 6. The first-order chi connectivity index (χ1) is 7.26. The summed E-state index contributed by atoms with van der Waals surface area (Å²) in [5.41, 5.74) is 2.29. The number of nitrogens with one attached hydrogen (secondary N) is 1. The van der Waals surface area contributed by atoms with Crippen molar-refractivity contribution in [3.8, 4) is 0 Å². The van der Waals surface area contributed by atoms with Gasteiger partial charge in [-0.3, -0.25) is 0 Å². The average molecular weight is 225 g/mol. The van der Waals surface area contributed by atoms with Gasteiger partial charge in [-0.15, -0.1) is 0 Å². The molecule has 0 aliphatic carbocycles. The highest BCUT2D eigenvalue weighted by molar-refractivity contribution is 7.86. The fraction of sp³-hybridized carbons (Fsp3) is 0.500. The van der Waals surface area contributed by atoms with Gasteiger partial charge < -0.3 is 4.72 Å². The summed E-state index contributed by atoms with van der Waals surface area (Å²) in [6, 6.07) is 8.20. The van der Waals surface area contributed by atoms with Gasteiger partial charge in [-0.2, -0.15) is 0 Å². The van der Waals surface area contributed by atoms with Gasteiger partial charge in [0.15, 0.2) is 0 Å². The molecule has 0 heterocycles. The second-order valence-electron chi connectivity index (χ2n) is 3.54. The van der Waals surface area contributed by atoms with Gasteiger partial charge in [0.1, 0.15) is 11.0 Å². The molecule has 3 heteroatoms. The minimum atomic E-state index is -0.940. The first-order valence-electron chi connectivity index (χ1n) is 5.50. The monoisotopic (exact) mass is 225 g/mol. The Morgan fingerprint density at radius 3 is 2.40 bits per heavy atom. The van der Waals surface area contributed by atoms with Crippen LogP contribution < -0.4 is 4.72 Å². The fourth-order valence-electron chi connectivity index (χ4n) is 1.32. The average Bonchev–Trinajstić information content (AvgIpc) is 2.28. The molecule has 0 aliphatic rings. The molecule has 0 fully saturated rings. The number of benzene rings is 1. The van der Waals surface area contributed by atoms with E-state index < -0.39 is 11.0 Å². The quantitative estimate of drug-likeness (QED) is 0.792. The van der Waals surface area contributed by atoms with E-state index in [0.717, 1.165) is 12.1 Å². The first-order valence-corrected chi connectivity index (χ1v) is 6.82. The Labute approximate surface area is 94.7 Å². The maximum atomic E-state index is 11.2. The zero-order valence-corrected chi connectivity index (χ0v) is 10.3. The molecule has 15 heavy (non-hydrogen) atoms. The first kappa shape index (κ1) is 12.2. The molecule has 0 radical (unpaired) electrons. The smallest absolute Gasteiger partial charge is 0.116 e. The highest BCUT2D eigenvalue weighted by Crippen LogP contribution is 2.12. The highest BCUT2D eigenvalue weighted by Gasteiger charge is 1.97. The van der Waals surface area contributed by atoms with Crippen LogP contribution in [-0.2, 0) is 17.4 Å². The molecular formula is C12H19NOS. The largest absolute Gasteiger partial charge is 0.305 e. The van der Waals surface area contributed by atoms with Gasteiger partial charge >= 0.3 is 0 Å². The third-order valence-electron chi connectivity index (χ3n) is 2.27. The lowest BCUT2D eigenvalue weighted by molar-refractivity contribution is 0.687. The highest BCUT2D eigenvalue weighted by atomic mass is 32.2. The third-order valence-corrected chi connectivity index (χ3v) is 3.25. The molecule has 1 unspecified atom stereocenters. The topological polar surface area (TPSA) is 29.1 Å². The summed E-state index contributed by atoms with van der Waals surface area (Å²) in [6.45, 7) is 4.10. The van der Waals surface area contributed by atoms with E-state index in [1.165, 1.54) is 18.4 Å². The van der Waals surface area contributed by atoms with Gasteiger partial charge in [0.05, 0.1) is 0 Å². The van der Waals surface area contributed by atoms with Crippen molar-refractivity contribution in [3.05, 3.63) is 29.8 Å². The van der Waals surface area contributed by atoms with Crippen LogP contribution in [0, 0.1) is 0 Å². The fourth-order valence-corrected chi connectivity index (χ4v) is 1.87. The van der Waals surface area contributed by atoms with Gasteiger partial charge in [0, 0.05) is 11.4 Å². The van der Waals surface area contributed by atoms with Gasteiger partial charge in [-0.25, -0.2) is 4.21 Å². The van der Waals surface area contributed by atoms with Crippen molar-refractivity contribution in [2.75, 3.05) is 10.5 Å². The Morgan fingerprint density at radius 2 is 1.87 bits per heavy atom. The Kier molecular flexibility index (Phi) is 5.40. The molecule has 0 spiro atoms. The summed E-state index contributed by atoms with van der Waals surface area (Å²) in [4.78, 5) is 0. The summed E-state index contributed by atoms with van der Waals surface area (Å²) in [6.07, 6.45) is 3.58. The normalized spacial score (nSPS) is 12.4. The Hall–Kier alpha value is -0.830. The molecule has 0 aliphatic heterocycles. The Morgan fingerprint density at radius 1 is 1.20 bits per heavy atom. The zero-order valence-electron chi connectivity index (χ0n) is 9.45. The predicted molar refractivity (Wildman–Crippen MR) is 67.4 cm³/mol. The molecule has 1 N–H and O–H groups in total. The van der Waals surface area contributed by atoms with Crippen molar-refractivity contribution in [2.45, 2.75) is 33.1 Å². The summed E-state index contributed by atoms with van der Waals surface area (Å²) in [5, 5.41) is 0. The summed E-state index contributed by atoms with van der Waals surface area (Å²) < 4.78 is 14.2. The standard InChI is InChI=1S/C12H19NOS/c1-3-5-6-11-7-9-12(10-8-11)13-15(14)4-2/h7-10,13H,3-6H2,1-2H3. The third kappa shape index (κ3) is 4.47. The molecule has 0 amide bonds. The lowest BCUT2D eigenvalue weighted by Gasteiger charge is -2.05. The lowest BCUT2D eigenvalue weighted by atomic mass is 10.1. The van der Waals surface area contributed by atoms with Crippen molar-refractivity contribution in [1.29, 1.82) is 0 Å². The summed E-state index contributed by atoms with van der Waals surface area (Å²) in [7, 11) is -0.940. The second-order valence-corrected chi connectivity index (χ2v) is 5.01. The molecule has 0 aromatic heterocycles. The van der Waals surface area contributed by atoms with Gasteiger partial charge in [0.2, 0.25) is 0 Å². The molecule has 1 rings (SSSR count). The number of unbranched alkanes of at least 4 members (excludes halogenated alkanes) is 1. The second kappa shape index (κ2) is 6.62. The van der Waals surface area contributed by atoms with Crippen LogP contribution in [-0.4, -0.2) is 9.96 Å². The van der Waals surface area contributed by atoms with Crippen molar-refractivity contribution < 1.29 is 4.21 Å². The molecule has 84 valence electrons. The lowest BCUT2D eigenvalue weighted by Crippen LogP contribution is -2.05. The van der Waals surface area contributed by atoms with Crippen molar-refractivity contribution in [1.82, 2.24) is 0 Å². The zero-order chi connectivity index (χ0) is 11.1. The Balaban J connectivity index is 2.52. The molecule has 2 nitrogen and oxygen atoms in total. The van der Waals surface area contributed by atoms with Crippen LogP contribution in [0.5, 0.6) is 0 Å². The van der Waals surface area contributed by atoms with E-state index in [-0.39, 0.29) is 0 Å². The van der Waals surface area contributed by atoms with E-state index in [2.05, 4.69) is 23.8 Å². The molecular weight excluding hydrogens is 206 g/mol. The van der Waals surface area contributed by atoms with Crippen molar-refractivity contribution in [3.63, 3.8) is 0 Å². The van der Waals surface area contributed by atoms with Crippen LogP contribution >= 0.6 is 0 Å². The molecule has 0 bridgehead atoms. The van der Waals surface area contributed by atoms with E-state index in [1.54, 1.807) is 0 Å². The molecule has 1 aromatic carbocycles. The maximum absolute atomic E-state index is 11.2. The minimum absolute atomic E-state index is 0.636. The molecule has 1 aromatic rings. The predicted octanol–water partition coefficient (Wildman–Crippen LogP) is 3.12. The molecule has 1 atom stereocenters. The number of hydrogen-bond acceptors (Lipinski definition) is 1. The van der Waals surface area contributed by atoms with Crippen LogP contribution in [0.1, 0.15) is 32.3 Å². The number of anilines is 1. The van der Waals surface area contributed by atoms with Gasteiger partial charge in [-0.1, -0.05) is 32.4 Å². The van der Waals surface area contributed by atoms with Crippen molar-refractivity contribution >= 4 is 16.7 Å².